The molecule has 0 amide bonds. The lowest BCUT2D eigenvalue weighted by Gasteiger charge is -2.16. The minimum Gasteiger partial charge on any atom is -0.496 e. The molecule has 19 heavy (non-hydrogen) atoms. The molecule has 0 radical (unpaired) electrons. The minimum atomic E-state index is -0.439. The van der Waals surface area contributed by atoms with Crippen LogP contribution in [0.15, 0.2) is 46.9 Å². The molecule has 2 rings (SSSR count). The van der Waals surface area contributed by atoms with Gasteiger partial charge in [0.05, 0.1) is 7.11 Å². The molecule has 0 aromatic heterocycles. The zero-order valence-electron chi connectivity index (χ0n) is 10.6. The summed E-state index contributed by atoms with van der Waals surface area (Å²) in [6, 6.07) is 12.1. The average Bonchev–Trinajstić information content (AvgIpc) is 2.38. The number of hydrogen-bond donors (Lipinski definition) is 1. The van der Waals surface area contributed by atoms with Gasteiger partial charge in [-0.2, -0.15) is 0 Å². The van der Waals surface area contributed by atoms with Crippen molar-refractivity contribution >= 4 is 15.9 Å². The Morgan fingerprint density at radius 1 is 1.26 bits per heavy atom. The van der Waals surface area contributed by atoms with E-state index in [1.807, 2.05) is 24.3 Å². The van der Waals surface area contributed by atoms with Crippen LogP contribution in [0.5, 0.6) is 5.75 Å². The maximum absolute atomic E-state index is 13.9. The van der Waals surface area contributed by atoms with Crippen molar-refractivity contribution in [2.75, 3.05) is 7.11 Å². The van der Waals surface area contributed by atoms with Gasteiger partial charge in [-0.1, -0.05) is 34.1 Å². The van der Waals surface area contributed by atoms with Crippen molar-refractivity contribution in [1.29, 1.82) is 0 Å². The lowest BCUT2D eigenvalue weighted by molar-refractivity contribution is 0.399. The van der Waals surface area contributed by atoms with Crippen LogP contribution in [0.25, 0.3) is 0 Å². The molecule has 0 fully saturated rings. The summed E-state index contributed by atoms with van der Waals surface area (Å²) < 4.78 is 20.1. The fourth-order valence-corrected chi connectivity index (χ4v) is 2.52. The predicted molar refractivity (Wildman–Crippen MR) is 77.7 cm³/mol. The normalized spacial score (nSPS) is 12.2. The van der Waals surface area contributed by atoms with Crippen LogP contribution in [0, 0.1) is 5.82 Å². The lowest BCUT2D eigenvalue weighted by atomic mass is 9.98. The van der Waals surface area contributed by atoms with Gasteiger partial charge in [-0.05, 0) is 36.2 Å². The molecular formula is C15H15BrFNO. The molecule has 2 nitrogen and oxygen atoms in total. The molecule has 0 aliphatic rings. The Bertz CT molecular complexity index is 574. The zero-order valence-corrected chi connectivity index (χ0v) is 12.2. The van der Waals surface area contributed by atoms with Gasteiger partial charge in [0.15, 0.2) is 0 Å². The maximum Gasteiger partial charge on any atom is 0.131 e. The standard InChI is InChI=1S/C15H15BrFNO/c1-19-14-7-3-6-12(17)15(14)13(18)9-10-4-2-5-11(16)8-10/h2-8,13H,9,18H2,1H3. The molecule has 0 aliphatic carbocycles. The second-order valence-corrected chi connectivity index (χ2v) is 5.21. The van der Waals surface area contributed by atoms with Crippen molar-refractivity contribution in [2.24, 2.45) is 5.73 Å². The first-order valence-electron chi connectivity index (χ1n) is 5.94. The highest BCUT2D eigenvalue weighted by Gasteiger charge is 2.17. The molecule has 0 saturated heterocycles. The second kappa shape index (κ2) is 6.17. The smallest absolute Gasteiger partial charge is 0.131 e. The highest BCUT2D eigenvalue weighted by molar-refractivity contribution is 9.10. The van der Waals surface area contributed by atoms with E-state index in [1.165, 1.54) is 13.2 Å². The number of rotatable bonds is 4. The van der Waals surface area contributed by atoms with E-state index in [9.17, 15) is 4.39 Å². The van der Waals surface area contributed by atoms with Crippen LogP contribution < -0.4 is 10.5 Å². The Morgan fingerprint density at radius 3 is 2.68 bits per heavy atom. The van der Waals surface area contributed by atoms with Crippen LogP contribution in [0.4, 0.5) is 4.39 Å². The summed E-state index contributed by atoms with van der Waals surface area (Å²) in [4.78, 5) is 0. The number of hydrogen-bond acceptors (Lipinski definition) is 2. The third-order valence-electron chi connectivity index (χ3n) is 2.95. The van der Waals surface area contributed by atoms with Crippen LogP contribution in [-0.2, 0) is 6.42 Å². The molecule has 1 atom stereocenters. The van der Waals surface area contributed by atoms with Gasteiger partial charge in [0.1, 0.15) is 11.6 Å². The van der Waals surface area contributed by atoms with Gasteiger partial charge in [-0.15, -0.1) is 0 Å². The fourth-order valence-electron chi connectivity index (χ4n) is 2.08. The summed E-state index contributed by atoms with van der Waals surface area (Å²) in [6.07, 6.45) is 0.552. The van der Waals surface area contributed by atoms with Crippen LogP contribution in [0.1, 0.15) is 17.2 Å². The van der Waals surface area contributed by atoms with Gasteiger partial charge in [-0.3, -0.25) is 0 Å². The summed E-state index contributed by atoms with van der Waals surface area (Å²) in [7, 11) is 1.52. The number of benzene rings is 2. The van der Waals surface area contributed by atoms with Gasteiger partial charge in [-0.25, -0.2) is 4.39 Å². The van der Waals surface area contributed by atoms with Gasteiger partial charge in [0.25, 0.3) is 0 Å². The van der Waals surface area contributed by atoms with Crippen molar-refractivity contribution < 1.29 is 9.13 Å². The van der Waals surface area contributed by atoms with Crippen molar-refractivity contribution in [3.8, 4) is 5.75 Å². The molecule has 100 valence electrons. The summed E-state index contributed by atoms with van der Waals surface area (Å²) in [5.74, 6) is 0.157. The Hall–Kier alpha value is -1.39. The van der Waals surface area contributed by atoms with Crippen LogP contribution in [0.2, 0.25) is 0 Å². The summed E-state index contributed by atoms with van der Waals surface area (Å²) >= 11 is 3.41. The molecule has 0 aliphatic heterocycles. The van der Waals surface area contributed by atoms with Crippen molar-refractivity contribution in [3.63, 3.8) is 0 Å². The summed E-state index contributed by atoms with van der Waals surface area (Å²) in [5, 5.41) is 0. The van der Waals surface area contributed by atoms with E-state index < -0.39 is 6.04 Å². The van der Waals surface area contributed by atoms with E-state index in [0.29, 0.717) is 17.7 Å². The summed E-state index contributed by atoms with van der Waals surface area (Å²) in [5.41, 5.74) is 7.59. The van der Waals surface area contributed by atoms with Crippen molar-refractivity contribution in [3.05, 3.63) is 63.9 Å². The molecule has 0 saturated carbocycles. The Labute approximate surface area is 120 Å². The zero-order chi connectivity index (χ0) is 13.8. The summed E-state index contributed by atoms with van der Waals surface area (Å²) in [6.45, 7) is 0. The predicted octanol–water partition coefficient (Wildman–Crippen LogP) is 3.84. The van der Waals surface area contributed by atoms with Crippen LogP contribution >= 0.6 is 15.9 Å². The van der Waals surface area contributed by atoms with Gasteiger partial charge < -0.3 is 10.5 Å². The molecule has 4 heteroatoms. The van der Waals surface area contributed by atoms with E-state index in [1.54, 1.807) is 12.1 Å². The molecule has 2 N–H and O–H groups in total. The van der Waals surface area contributed by atoms with Gasteiger partial charge >= 0.3 is 0 Å². The molecule has 0 heterocycles. The Balaban J connectivity index is 2.27. The highest BCUT2D eigenvalue weighted by Crippen LogP contribution is 2.29. The lowest BCUT2D eigenvalue weighted by Crippen LogP contribution is -2.16. The Morgan fingerprint density at radius 2 is 2.00 bits per heavy atom. The average molecular weight is 324 g/mol. The first kappa shape index (κ1) is 14.0. The quantitative estimate of drug-likeness (QED) is 0.927. The molecule has 2 aromatic carbocycles. The fraction of sp³-hybridized carbons (Fsp3) is 0.200. The van der Waals surface area contributed by atoms with E-state index in [-0.39, 0.29) is 5.82 Å². The highest BCUT2D eigenvalue weighted by atomic mass is 79.9. The number of methoxy groups -OCH3 is 1. The minimum absolute atomic E-state index is 0.332. The molecular weight excluding hydrogens is 309 g/mol. The number of halogens is 2. The molecule has 0 spiro atoms. The molecule has 2 aromatic rings. The van der Waals surface area contributed by atoms with Crippen molar-refractivity contribution in [2.45, 2.75) is 12.5 Å². The van der Waals surface area contributed by atoms with E-state index >= 15 is 0 Å². The van der Waals surface area contributed by atoms with E-state index in [0.717, 1.165) is 10.0 Å². The molecule has 1 unspecified atom stereocenters. The van der Waals surface area contributed by atoms with Crippen molar-refractivity contribution in [1.82, 2.24) is 0 Å². The SMILES string of the molecule is COc1cccc(F)c1C(N)Cc1cccc(Br)c1. The number of nitrogens with two attached hydrogens (primary N) is 1. The largest absolute Gasteiger partial charge is 0.496 e. The van der Waals surface area contributed by atoms with Crippen LogP contribution in [-0.4, -0.2) is 7.11 Å². The maximum atomic E-state index is 13.9. The molecule has 0 bridgehead atoms. The third kappa shape index (κ3) is 3.33. The third-order valence-corrected chi connectivity index (χ3v) is 3.44. The first-order chi connectivity index (χ1) is 9.11. The van der Waals surface area contributed by atoms with E-state index in [2.05, 4.69) is 15.9 Å². The topological polar surface area (TPSA) is 35.2 Å². The number of ether oxygens (including phenoxy) is 1. The Kier molecular flexibility index (Phi) is 4.56. The van der Waals surface area contributed by atoms with Gasteiger partial charge in [0.2, 0.25) is 0 Å². The van der Waals surface area contributed by atoms with Gasteiger partial charge in [0, 0.05) is 16.1 Å². The van der Waals surface area contributed by atoms with Crippen LogP contribution in [0.3, 0.4) is 0 Å². The first-order valence-corrected chi connectivity index (χ1v) is 6.73. The second-order valence-electron chi connectivity index (χ2n) is 4.30. The monoisotopic (exact) mass is 323 g/mol. The van der Waals surface area contributed by atoms with E-state index in [4.69, 9.17) is 10.5 Å².